The average Bonchev–Trinajstić information content (AvgIpc) is 3.03. The Balaban J connectivity index is 2.09. The number of carbonyl (C=O) groups excluding carboxylic acids is 1. The van der Waals surface area contributed by atoms with Gasteiger partial charge in [0.25, 0.3) is 5.09 Å². The van der Waals surface area contributed by atoms with Gasteiger partial charge >= 0.3 is 0 Å². The maximum Gasteiger partial charge on any atom is 0.294 e. The molecule has 48 heavy (non-hydrogen) atoms. The van der Waals surface area contributed by atoms with E-state index < -0.39 is 33.5 Å². The number of hydrogen-bond acceptors (Lipinski definition) is 10. The lowest BCUT2D eigenvalue weighted by molar-refractivity contribution is -0.774. The van der Waals surface area contributed by atoms with Gasteiger partial charge in [0.1, 0.15) is 18.5 Å². The number of likely N-dealkylation sites (N-methyl/N-ethyl adjacent to an activating group) is 1. The molecule has 2 atom stereocenters. The van der Waals surface area contributed by atoms with E-state index in [9.17, 15) is 20.2 Å². The van der Waals surface area contributed by atoms with E-state index in [0.29, 0.717) is 30.1 Å². The molecule has 266 valence electrons. The number of para-hydroxylation sites is 1. The molecular formula is C36H54N4O8. The lowest BCUT2D eigenvalue weighted by Crippen LogP contribution is -2.60. The number of nitriles is 1. The summed E-state index contributed by atoms with van der Waals surface area (Å²) >= 11 is 0. The van der Waals surface area contributed by atoms with Crippen LogP contribution in [0.5, 0.6) is 17.2 Å². The summed E-state index contributed by atoms with van der Waals surface area (Å²) in [6.07, 6.45) is 1.19. The molecule has 12 nitrogen and oxygen atoms in total. The minimum Gasteiger partial charge on any atom is -0.493 e. The Hall–Kier alpha value is -4.08. The minimum absolute atomic E-state index is 0.0849. The summed E-state index contributed by atoms with van der Waals surface area (Å²) in [5.41, 5.74) is -0.737. The van der Waals surface area contributed by atoms with Gasteiger partial charge in [-0.3, -0.25) is 4.79 Å². The van der Waals surface area contributed by atoms with E-state index in [1.54, 1.807) is 28.1 Å². The second-order valence-corrected chi connectivity index (χ2v) is 13.8. The van der Waals surface area contributed by atoms with Crippen molar-refractivity contribution in [1.29, 1.82) is 5.26 Å². The van der Waals surface area contributed by atoms with Gasteiger partial charge in [0.05, 0.1) is 37.8 Å². The third-order valence-electron chi connectivity index (χ3n) is 8.82. The maximum atomic E-state index is 12.3. The Morgan fingerprint density at radius 2 is 1.69 bits per heavy atom. The molecule has 0 saturated heterocycles. The Kier molecular flexibility index (Phi) is 14.9. The van der Waals surface area contributed by atoms with Crippen molar-refractivity contribution in [2.24, 2.45) is 11.3 Å². The SMILES string of the molecule is COCC(=O)NC(C)(C)C(O[N+](=O)[O-])C(C)(C)COc1ccccc1CCN(C)CCCC(C#N)(c1ccc(OC)c(OC)c1)C(C)C. The Morgan fingerprint density at radius 3 is 2.27 bits per heavy atom. The molecule has 0 aromatic heterocycles. The van der Waals surface area contributed by atoms with Crippen LogP contribution in [0.25, 0.3) is 0 Å². The average molecular weight is 671 g/mol. The van der Waals surface area contributed by atoms with Crippen LogP contribution >= 0.6 is 0 Å². The summed E-state index contributed by atoms with van der Waals surface area (Å²) < 4.78 is 22.1. The van der Waals surface area contributed by atoms with Crippen LogP contribution in [0.15, 0.2) is 42.5 Å². The third kappa shape index (κ3) is 10.7. The van der Waals surface area contributed by atoms with Gasteiger partial charge in [-0.25, -0.2) is 0 Å². The van der Waals surface area contributed by atoms with Gasteiger partial charge in [0.15, 0.2) is 11.5 Å². The Labute approximate surface area is 285 Å². The summed E-state index contributed by atoms with van der Waals surface area (Å²) in [7, 11) is 6.65. The lowest BCUT2D eigenvalue weighted by Gasteiger charge is -2.42. The minimum atomic E-state index is -1.10. The van der Waals surface area contributed by atoms with Gasteiger partial charge in [0.2, 0.25) is 5.91 Å². The molecule has 0 saturated carbocycles. The van der Waals surface area contributed by atoms with Gasteiger partial charge in [-0.05, 0) is 81.9 Å². The van der Waals surface area contributed by atoms with Crippen molar-refractivity contribution in [3.8, 4) is 23.3 Å². The van der Waals surface area contributed by atoms with E-state index in [1.165, 1.54) is 7.11 Å². The first kappa shape index (κ1) is 40.1. The molecule has 0 heterocycles. The predicted molar refractivity (Wildman–Crippen MR) is 184 cm³/mol. The van der Waals surface area contributed by atoms with Crippen LogP contribution in [0, 0.1) is 32.8 Å². The van der Waals surface area contributed by atoms with Crippen LogP contribution in [-0.2, 0) is 26.2 Å². The van der Waals surface area contributed by atoms with Crippen molar-refractivity contribution >= 4 is 5.91 Å². The summed E-state index contributed by atoms with van der Waals surface area (Å²) in [4.78, 5) is 31.1. The van der Waals surface area contributed by atoms with Gasteiger partial charge in [-0.15, -0.1) is 10.1 Å². The number of carbonyl (C=O) groups is 1. The number of benzene rings is 2. The van der Waals surface area contributed by atoms with Crippen LogP contribution in [0.4, 0.5) is 0 Å². The summed E-state index contributed by atoms with van der Waals surface area (Å²) in [6.45, 7) is 12.6. The number of nitrogens with one attached hydrogen (secondary N) is 1. The molecule has 0 fully saturated rings. The monoisotopic (exact) mass is 670 g/mol. The first-order valence-electron chi connectivity index (χ1n) is 16.2. The predicted octanol–water partition coefficient (Wildman–Crippen LogP) is 5.60. The van der Waals surface area contributed by atoms with Gasteiger partial charge < -0.3 is 34.0 Å². The van der Waals surface area contributed by atoms with Gasteiger partial charge in [-0.2, -0.15) is 5.26 Å². The zero-order chi connectivity index (χ0) is 36.1. The highest BCUT2D eigenvalue weighted by Crippen LogP contribution is 2.40. The van der Waals surface area contributed by atoms with E-state index in [-0.39, 0.29) is 19.1 Å². The van der Waals surface area contributed by atoms with Crippen molar-refractivity contribution in [3.05, 3.63) is 63.7 Å². The second kappa shape index (κ2) is 17.9. The molecule has 1 amide bonds. The third-order valence-corrected chi connectivity index (χ3v) is 8.82. The molecule has 12 heteroatoms. The van der Waals surface area contributed by atoms with E-state index >= 15 is 0 Å². The number of amides is 1. The van der Waals surface area contributed by atoms with E-state index in [1.807, 2.05) is 56.3 Å². The van der Waals surface area contributed by atoms with Crippen molar-refractivity contribution in [2.45, 2.75) is 77.9 Å². The van der Waals surface area contributed by atoms with Crippen LogP contribution in [-0.4, -0.2) is 82.2 Å². The van der Waals surface area contributed by atoms with Crippen LogP contribution in [0.3, 0.4) is 0 Å². The number of ether oxygens (including phenoxy) is 4. The number of hydrogen-bond donors (Lipinski definition) is 1. The van der Waals surface area contributed by atoms with Crippen molar-refractivity contribution in [1.82, 2.24) is 10.2 Å². The molecule has 0 bridgehead atoms. The molecule has 0 radical (unpaired) electrons. The van der Waals surface area contributed by atoms with Crippen molar-refractivity contribution in [2.75, 3.05) is 54.7 Å². The van der Waals surface area contributed by atoms with E-state index in [4.69, 9.17) is 23.8 Å². The first-order valence-corrected chi connectivity index (χ1v) is 16.2. The van der Waals surface area contributed by atoms with E-state index in [0.717, 1.165) is 30.6 Å². The summed E-state index contributed by atoms with van der Waals surface area (Å²) in [6, 6.07) is 16.1. The molecule has 0 aliphatic rings. The summed E-state index contributed by atoms with van der Waals surface area (Å²) in [5, 5.41) is 23.8. The number of rotatable bonds is 21. The van der Waals surface area contributed by atoms with Gasteiger partial charge in [0, 0.05) is 19.1 Å². The molecule has 0 aliphatic heterocycles. The lowest BCUT2D eigenvalue weighted by atomic mass is 9.69. The second-order valence-electron chi connectivity index (χ2n) is 13.8. The van der Waals surface area contributed by atoms with Crippen LogP contribution < -0.4 is 19.5 Å². The fourth-order valence-corrected chi connectivity index (χ4v) is 6.30. The molecular weight excluding hydrogens is 616 g/mol. The van der Waals surface area contributed by atoms with Crippen LogP contribution in [0.2, 0.25) is 0 Å². The highest BCUT2D eigenvalue weighted by molar-refractivity contribution is 5.78. The van der Waals surface area contributed by atoms with Crippen molar-refractivity contribution in [3.63, 3.8) is 0 Å². The number of methoxy groups -OCH3 is 3. The first-order chi connectivity index (χ1) is 22.6. The molecule has 2 aromatic carbocycles. The zero-order valence-electron chi connectivity index (χ0n) is 30.3. The normalized spacial score (nSPS) is 13.7. The van der Waals surface area contributed by atoms with E-state index in [2.05, 4.69) is 37.2 Å². The van der Waals surface area contributed by atoms with Gasteiger partial charge in [-0.1, -0.05) is 52.0 Å². The quantitative estimate of drug-likeness (QED) is 0.132. The Morgan fingerprint density at radius 1 is 1.02 bits per heavy atom. The maximum absolute atomic E-state index is 12.3. The largest absolute Gasteiger partial charge is 0.493 e. The van der Waals surface area contributed by atoms with Crippen molar-refractivity contribution < 1.29 is 33.7 Å². The summed E-state index contributed by atoms with van der Waals surface area (Å²) in [5.74, 6) is 1.59. The highest BCUT2D eigenvalue weighted by Gasteiger charge is 2.45. The molecule has 2 rings (SSSR count). The standard InChI is InChI=1S/C36H54N4O8/c1-26(2)36(24-37,28-16-17-30(45-9)31(22-28)46-10)19-13-20-39(7)21-18-27-14-11-12-15-29(27)47-25-34(3,4)33(48-40(42)43)35(5,6)38-32(41)23-44-8/h11-12,14-17,22,26,33H,13,18-21,23,25H2,1-10H3,(H,38,41). The molecule has 2 unspecified atom stereocenters. The fourth-order valence-electron chi connectivity index (χ4n) is 6.30. The Bertz CT molecular complexity index is 1390. The highest BCUT2D eigenvalue weighted by atomic mass is 17.0. The topological polar surface area (TPSA) is 145 Å². The van der Waals surface area contributed by atoms with Crippen LogP contribution in [0.1, 0.15) is 65.5 Å². The number of nitrogens with zero attached hydrogens (tertiary/aromatic N) is 3. The molecule has 0 spiro atoms. The smallest absolute Gasteiger partial charge is 0.294 e. The fraction of sp³-hybridized carbons (Fsp3) is 0.611. The molecule has 0 aliphatic carbocycles. The molecule has 2 aromatic rings. The molecule has 1 N–H and O–H groups in total. The zero-order valence-corrected chi connectivity index (χ0v) is 30.3.